The maximum Gasteiger partial charge on any atom is 0.178 e. The summed E-state index contributed by atoms with van der Waals surface area (Å²) in [7, 11) is 0. The lowest BCUT2D eigenvalue weighted by Crippen LogP contribution is -1.96. The van der Waals surface area contributed by atoms with Crippen molar-refractivity contribution in [3.8, 4) is 11.5 Å². The molecule has 0 saturated heterocycles. The number of pyridine rings is 1. The zero-order valence-electron chi connectivity index (χ0n) is 11.8. The average Bonchev–Trinajstić information content (AvgIpc) is 3.04. The Labute approximate surface area is 132 Å². The second-order valence-corrected chi connectivity index (χ2v) is 5.99. The monoisotopic (exact) mass is 303 g/mol. The van der Waals surface area contributed by atoms with Gasteiger partial charge in [-0.25, -0.2) is 15.0 Å². The quantitative estimate of drug-likeness (QED) is 0.565. The lowest BCUT2D eigenvalue weighted by Gasteiger charge is -2.04. The first kappa shape index (κ1) is 13.1. The van der Waals surface area contributed by atoms with Crippen molar-refractivity contribution in [3.05, 3.63) is 77.4 Å². The first-order valence-electron chi connectivity index (χ1n) is 7.09. The van der Waals surface area contributed by atoms with Crippen LogP contribution < -0.4 is 0 Å². The van der Waals surface area contributed by atoms with E-state index in [1.54, 1.807) is 11.3 Å². The summed E-state index contributed by atoms with van der Waals surface area (Å²) in [6, 6.07) is 18.4. The molecule has 0 N–H and O–H groups in total. The third-order valence-electron chi connectivity index (χ3n) is 3.47. The summed E-state index contributed by atoms with van der Waals surface area (Å²) >= 11 is 1.65. The highest BCUT2D eigenvalue weighted by atomic mass is 32.1. The molecular formula is C18H13N3S. The van der Waals surface area contributed by atoms with Gasteiger partial charge in [-0.1, -0.05) is 36.4 Å². The number of fused-ring (bicyclic) bond motifs is 1. The van der Waals surface area contributed by atoms with Crippen LogP contribution in [-0.4, -0.2) is 15.0 Å². The third-order valence-corrected chi connectivity index (χ3v) is 4.31. The largest absolute Gasteiger partial charge is 0.249 e. The van der Waals surface area contributed by atoms with E-state index in [0.29, 0.717) is 5.82 Å². The molecule has 0 spiro atoms. The number of nitrogens with zero attached hydrogens (tertiary/aromatic N) is 3. The van der Waals surface area contributed by atoms with Gasteiger partial charge in [0.1, 0.15) is 5.69 Å². The maximum atomic E-state index is 4.71. The van der Waals surface area contributed by atoms with Crippen molar-refractivity contribution in [2.75, 3.05) is 0 Å². The molecule has 0 radical (unpaired) electrons. The smallest absolute Gasteiger partial charge is 0.178 e. The molecule has 0 atom stereocenters. The van der Waals surface area contributed by atoms with E-state index in [9.17, 15) is 0 Å². The van der Waals surface area contributed by atoms with Crippen molar-refractivity contribution in [1.82, 2.24) is 15.0 Å². The van der Waals surface area contributed by atoms with E-state index in [2.05, 4.69) is 22.1 Å². The Bertz CT molecular complexity index is 916. The molecule has 3 heterocycles. The Kier molecular flexibility index (Phi) is 3.37. The van der Waals surface area contributed by atoms with Gasteiger partial charge in [-0.2, -0.15) is 0 Å². The van der Waals surface area contributed by atoms with E-state index in [0.717, 1.165) is 28.0 Å². The Balaban J connectivity index is 1.69. The van der Waals surface area contributed by atoms with Crippen molar-refractivity contribution < 1.29 is 0 Å². The van der Waals surface area contributed by atoms with Crippen molar-refractivity contribution >= 4 is 21.6 Å². The average molecular weight is 303 g/mol. The molecular weight excluding hydrogens is 290 g/mol. The minimum absolute atomic E-state index is 0.681. The number of rotatable bonds is 3. The second kappa shape index (κ2) is 5.66. The van der Waals surface area contributed by atoms with E-state index in [-0.39, 0.29) is 0 Å². The summed E-state index contributed by atoms with van der Waals surface area (Å²) in [6.07, 6.45) is 2.68. The fourth-order valence-electron chi connectivity index (χ4n) is 2.40. The number of thiophene rings is 1. The summed E-state index contributed by atoms with van der Waals surface area (Å²) in [5.41, 5.74) is 4.07. The van der Waals surface area contributed by atoms with E-state index in [1.807, 2.05) is 54.0 Å². The topological polar surface area (TPSA) is 38.7 Å². The van der Waals surface area contributed by atoms with Crippen LogP contribution in [0.2, 0.25) is 0 Å². The van der Waals surface area contributed by atoms with Crippen molar-refractivity contribution in [2.24, 2.45) is 0 Å². The van der Waals surface area contributed by atoms with Gasteiger partial charge in [-0.3, -0.25) is 0 Å². The van der Waals surface area contributed by atoms with Gasteiger partial charge in [-0.05, 0) is 29.1 Å². The van der Waals surface area contributed by atoms with Crippen molar-refractivity contribution in [1.29, 1.82) is 0 Å². The molecule has 0 saturated carbocycles. The molecule has 4 heteroatoms. The predicted molar refractivity (Wildman–Crippen MR) is 89.9 cm³/mol. The van der Waals surface area contributed by atoms with E-state index in [1.165, 1.54) is 5.56 Å². The van der Waals surface area contributed by atoms with Gasteiger partial charge in [0, 0.05) is 18.3 Å². The number of benzene rings is 1. The van der Waals surface area contributed by atoms with Crippen LogP contribution in [-0.2, 0) is 6.42 Å². The Morgan fingerprint density at radius 1 is 0.864 bits per heavy atom. The van der Waals surface area contributed by atoms with Gasteiger partial charge in [0.15, 0.2) is 5.82 Å². The van der Waals surface area contributed by atoms with Crippen LogP contribution in [0.25, 0.3) is 21.7 Å². The third kappa shape index (κ3) is 2.61. The van der Waals surface area contributed by atoms with Gasteiger partial charge in [0.2, 0.25) is 0 Å². The fourth-order valence-corrected chi connectivity index (χ4v) is 3.09. The standard InChI is InChI=1S/C18H13N3S/c1-2-5-13(6-3-1)11-14-7-4-8-16(20-14)18-19-12-17-15(21-18)9-10-22-17/h1-10,12H,11H2. The minimum atomic E-state index is 0.681. The van der Waals surface area contributed by atoms with Crippen LogP contribution in [0, 0.1) is 0 Å². The first-order valence-corrected chi connectivity index (χ1v) is 7.97. The molecule has 0 aliphatic carbocycles. The van der Waals surface area contributed by atoms with Crippen molar-refractivity contribution in [3.63, 3.8) is 0 Å². The highest BCUT2D eigenvalue weighted by Gasteiger charge is 2.06. The zero-order chi connectivity index (χ0) is 14.8. The minimum Gasteiger partial charge on any atom is -0.249 e. The predicted octanol–water partition coefficient (Wildman–Crippen LogP) is 4.34. The van der Waals surface area contributed by atoms with E-state index < -0.39 is 0 Å². The van der Waals surface area contributed by atoms with Crippen LogP contribution in [0.15, 0.2) is 66.2 Å². The molecule has 0 amide bonds. The highest BCUT2D eigenvalue weighted by Crippen LogP contribution is 2.21. The summed E-state index contributed by atoms with van der Waals surface area (Å²) < 4.78 is 1.10. The van der Waals surface area contributed by atoms with Crippen LogP contribution in [0.1, 0.15) is 11.3 Å². The molecule has 4 rings (SSSR count). The first-order chi connectivity index (χ1) is 10.9. The molecule has 0 aliphatic rings. The van der Waals surface area contributed by atoms with Crippen LogP contribution in [0.4, 0.5) is 0 Å². The number of hydrogen-bond donors (Lipinski definition) is 0. The van der Waals surface area contributed by atoms with Gasteiger partial charge in [0.25, 0.3) is 0 Å². The Morgan fingerprint density at radius 3 is 2.68 bits per heavy atom. The molecule has 106 valence electrons. The molecule has 0 unspecified atom stereocenters. The molecule has 0 fully saturated rings. The lowest BCUT2D eigenvalue weighted by atomic mass is 10.1. The van der Waals surface area contributed by atoms with Gasteiger partial charge in [0.05, 0.1) is 10.2 Å². The summed E-state index contributed by atoms with van der Waals surface area (Å²) in [4.78, 5) is 13.7. The van der Waals surface area contributed by atoms with Gasteiger partial charge >= 0.3 is 0 Å². The summed E-state index contributed by atoms with van der Waals surface area (Å²) in [5.74, 6) is 0.681. The fraction of sp³-hybridized carbons (Fsp3) is 0.0556. The normalized spacial score (nSPS) is 10.9. The van der Waals surface area contributed by atoms with Crippen LogP contribution in [0.5, 0.6) is 0 Å². The Morgan fingerprint density at radius 2 is 1.77 bits per heavy atom. The summed E-state index contributed by atoms with van der Waals surface area (Å²) in [6.45, 7) is 0. The Hall–Kier alpha value is -2.59. The lowest BCUT2D eigenvalue weighted by molar-refractivity contribution is 1.06. The van der Waals surface area contributed by atoms with Crippen LogP contribution in [0.3, 0.4) is 0 Å². The SMILES string of the molecule is c1ccc(Cc2cccc(-c3ncc4sccc4n3)n2)cc1. The number of hydrogen-bond acceptors (Lipinski definition) is 4. The molecule has 4 aromatic rings. The van der Waals surface area contributed by atoms with Crippen LogP contribution >= 0.6 is 11.3 Å². The number of aromatic nitrogens is 3. The zero-order valence-corrected chi connectivity index (χ0v) is 12.6. The molecule has 1 aromatic carbocycles. The van der Waals surface area contributed by atoms with E-state index in [4.69, 9.17) is 4.98 Å². The van der Waals surface area contributed by atoms with Crippen molar-refractivity contribution in [2.45, 2.75) is 6.42 Å². The van der Waals surface area contributed by atoms with Gasteiger partial charge in [-0.15, -0.1) is 11.3 Å². The highest BCUT2D eigenvalue weighted by molar-refractivity contribution is 7.17. The molecule has 3 aromatic heterocycles. The molecule has 0 aliphatic heterocycles. The molecule has 22 heavy (non-hydrogen) atoms. The maximum absolute atomic E-state index is 4.71. The summed E-state index contributed by atoms with van der Waals surface area (Å²) in [5, 5.41) is 2.03. The van der Waals surface area contributed by atoms with E-state index >= 15 is 0 Å². The van der Waals surface area contributed by atoms with Gasteiger partial charge < -0.3 is 0 Å². The molecule has 3 nitrogen and oxygen atoms in total. The molecule has 0 bridgehead atoms. The second-order valence-electron chi connectivity index (χ2n) is 5.04.